The molecule has 5 nitrogen and oxygen atoms in total. The molecule has 10 heteroatoms. The second kappa shape index (κ2) is 7.55. The summed E-state index contributed by atoms with van der Waals surface area (Å²) in [6.07, 6.45) is -3.68. The molecule has 2 rings (SSSR count). The molecule has 0 aromatic heterocycles. The molecule has 0 spiro atoms. The van der Waals surface area contributed by atoms with E-state index < -0.39 is 34.2 Å². The van der Waals surface area contributed by atoms with Crippen LogP contribution in [0.2, 0.25) is 5.02 Å². The summed E-state index contributed by atoms with van der Waals surface area (Å²) in [5, 5.41) is 2.96. The summed E-state index contributed by atoms with van der Waals surface area (Å²) in [4.78, 5) is 12.1. The van der Waals surface area contributed by atoms with E-state index in [1.54, 1.807) is 12.1 Å². The Bertz CT molecular complexity index is 882. The van der Waals surface area contributed by atoms with Crippen LogP contribution in [-0.4, -0.2) is 27.1 Å². The number of nitrogens with zero attached hydrogens (tertiary/aromatic N) is 1. The molecule has 0 radical (unpaired) electrons. The zero-order chi connectivity index (χ0) is 19.5. The van der Waals surface area contributed by atoms with E-state index in [0.29, 0.717) is 10.7 Å². The first-order valence-electron chi connectivity index (χ1n) is 7.17. The second-order valence-electron chi connectivity index (χ2n) is 5.37. The number of anilines is 2. The molecule has 2 aromatic rings. The minimum atomic E-state index is -4.54. The molecule has 0 saturated carbocycles. The van der Waals surface area contributed by atoms with Crippen molar-refractivity contribution in [3.05, 3.63) is 59.1 Å². The Labute approximate surface area is 153 Å². The molecule has 0 aliphatic rings. The van der Waals surface area contributed by atoms with Crippen LogP contribution in [0, 0.1) is 0 Å². The van der Waals surface area contributed by atoms with Gasteiger partial charge >= 0.3 is 6.18 Å². The first-order chi connectivity index (χ1) is 12.0. The smallest absolute Gasteiger partial charge is 0.325 e. The van der Waals surface area contributed by atoms with Crippen LogP contribution in [0.5, 0.6) is 0 Å². The van der Waals surface area contributed by atoms with Crippen molar-refractivity contribution in [1.82, 2.24) is 0 Å². The van der Waals surface area contributed by atoms with Gasteiger partial charge in [0.05, 0.1) is 17.5 Å². The monoisotopic (exact) mass is 406 g/mol. The fourth-order valence-corrected chi connectivity index (χ4v) is 3.06. The van der Waals surface area contributed by atoms with Crippen molar-refractivity contribution in [2.45, 2.75) is 6.18 Å². The largest absolute Gasteiger partial charge is 0.416 e. The van der Waals surface area contributed by atoms with Crippen LogP contribution in [0.15, 0.2) is 48.5 Å². The van der Waals surface area contributed by atoms with Crippen LogP contribution in [0.1, 0.15) is 5.56 Å². The number of hydrogen-bond donors (Lipinski definition) is 1. The number of sulfonamides is 1. The second-order valence-corrected chi connectivity index (χ2v) is 7.71. The van der Waals surface area contributed by atoms with Crippen molar-refractivity contribution in [3.63, 3.8) is 0 Å². The maximum atomic E-state index is 12.6. The summed E-state index contributed by atoms with van der Waals surface area (Å²) in [7, 11) is -3.89. The molecule has 0 saturated heterocycles. The average Bonchev–Trinajstić information content (AvgIpc) is 2.53. The highest BCUT2D eigenvalue weighted by Crippen LogP contribution is 2.31. The van der Waals surface area contributed by atoms with Gasteiger partial charge in [-0.3, -0.25) is 9.10 Å². The minimum absolute atomic E-state index is 0.0493. The van der Waals surface area contributed by atoms with E-state index in [1.807, 2.05) is 0 Å². The highest BCUT2D eigenvalue weighted by molar-refractivity contribution is 7.92. The van der Waals surface area contributed by atoms with Crippen molar-refractivity contribution in [2.75, 3.05) is 22.4 Å². The molecule has 0 heterocycles. The van der Waals surface area contributed by atoms with Gasteiger partial charge in [-0.15, -0.1) is 0 Å². The highest BCUT2D eigenvalue weighted by Gasteiger charge is 2.30. The third-order valence-corrected chi connectivity index (χ3v) is 4.69. The lowest BCUT2D eigenvalue weighted by molar-refractivity contribution is -0.137. The Hall–Kier alpha value is -2.26. The molecule has 0 fully saturated rings. The molecule has 1 N–H and O–H groups in total. The SMILES string of the molecule is CS(=O)(=O)N(CC(=O)Nc1ccc(Cl)cc1)c1ccc(C(F)(F)F)cc1. The Kier molecular flexibility index (Phi) is 5.82. The number of amides is 1. The van der Waals surface area contributed by atoms with Crippen molar-refractivity contribution < 1.29 is 26.4 Å². The van der Waals surface area contributed by atoms with Crippen LogP contribution in [0.4, 0.5) is 24.5 Å². The molecule has 26 heavy (non-hydrogen) atoms. The van der Waals surface area contributed by atoms with Gasteiger partial charge < -0.3 is 5.32 Å². The summed E-state index contributed by atoms with van der Waals surface area (Å²) in [5.74, 6) is -0.655. The molecular formula is C16H14ClF3N2O3S. The topological polar surface area (TPSA) is 66.5 Å². The molecule has 0 bridgehead atoms. The van der Waals surface area contributed by atoms with Crippen molar-refractivity contribution in [3.8, 4) is 0 Å². The van der Waals surface area contributed by atoms with E-state index in [9.17, 15) is 26.4 Å². The van der Waals surface area contributed by atoms with Gasteiger partial charge in [-0.25, -0.2) is 8.42 Å². The number of nitrogens with one attached hydrogen (secondary N) is 1. The quantitative estimate of drug-likeness (QED) is 0.822. The maximum absolute atomic E-state index is 12.6. The van der Waals surface area contributed by atoms with Crippen molar-refractivity contribution >= 4 is 38.9 Å². The number of hydrogen-bond acceptors (Lipinski definition) is 3. The lowest BCUT2D eigenvalue weighted by atomic mass is 10.2. The van der Waals surface area contributed by atoms with Crippen LogP contribution in [0.3, 0.4) is 0 Å². The van der Waals surface area contributed by atoms with Crippen LogP contribution >= 0.6 is 11.6 Å². The number of alkyl halides is 3. The van der Waals surface area contributed by atoms with E-state index >= 15 is 0 Å². The van der Waals surface area contributed by atoms with Gasteiger partial charge in [-0.2, -0.15) is 13.2 Å². The molecular weight excluding hydrogens is 393 g/mol. The highest BCUT2D eigenvalue weighted by atomic mass is 35.5. The zero-order valence-corrected chi connectivity index (χ0v) is 15.0. The molecule has 0 aliphatic carbocycles. The van der Waals surface area contributed by atoms with Crippen LogP contribution in [0.25, 0.3) is 0 Å². The van der Waals surface area contributed by atoms with Crippen LogP contribution in [-0.2, 0) is 21.0 Å². The number of carbonyl (C=O) groups excluding carboxylic acids is 1. The van der Waals surface area contributed by atoms with E-state index in [0.717, 1.165) is 34.8 Å². The molecule has 140 valence electrons. The molecule has 0 unspecified atom stereocenters. The van der Waals surface area contributed by atoms with Gasteiger partial charge in [0.25, 0.3) is 0 Å². The summed E-state index contributed by atoms with van der Waals surface area (Å²) in [6.45, 7) is -0.590. The predicted molar refractivity (Wildman–Crippen MR) is 93.7 cm³/mol. The number of benzene rings is 2. The third-order valence-electron chi connectivity index (χ3n) is 3.30. The Morgan fingerprint density at radius 2 is 1.62 bits per heavy atom. The predicted octanol–water partition coefficient (Wildman–Crippen LogP) is 3.76. The third kappa shape index (κ3) is 5.37. The summed E-state index contributed by atoms with van der Waals surface area (Å²) in [6, 6.07) is 9.66. The van der Waals surface area contributed by atoms with Gasteiger partial charge in [0.1, 0.15) is 6.54 Å². The van der Waals surface area contributed by atoms with E-state index in [-0.39, 0.29) is 5.69 Å². The Balaban J connectivity index is 2.20. The number of rotatable bonds is 5. The van der Waals surface area contributed by atoms with Gasteiger partial charge in [0.2, 0.25) is 15.9 Å². The van der Waals surface area contributed by atoms with Gasteiger partial charge in [0, 0.05) is 10.7 Å². The maximum Gasteiger partial charge on any atom is 0.416 e. The average molecular weight is 407 g/mol. The van der Waals surface area contributed by atoms with Gasteiger partial charge in [-0.1, -0.05) is 11.6 Å². The van der Waals surface area contributed by atoms with Crippen molar-refractivity contribution in [2.24, 2.45) is 0 Å². The molecule has 1 amide bonds. The lowest BCUT2D eigenvalue weighted by Gasteiger charge is -2.22. The first kappa shape index (κ1) is 20.1. The number of halogens is 4. The summed E-state index contributed by atoms with van der Waals surface area (Å²) >= 11 is 5.74. The normalized spacial score (nSPS) is 11.9. The Morgan fingerprint density at radius 3 is 2.08 bits per heavy atom. The number of carbonyl (C=O) groups is 1. The summed E-state index contributed by atoms with van der Waals surface area (Å²) < 4.78 is 62.5. The van der Waals surface area contributed by atoms with Gasteiger partial charge in [-0.05, 0) is 48.5 Å². The van der Waals surface area contributed by atoms with E-state index in [1.165, 1.54) is 12.1 Å². The Morgan fingerprint density at radius 1 is 1.08 bits per heavy atom. The molecule has 0 atom stereocenters. The van der Waals surface area contributed by atoms with Crippen molar-refractivity contribution in [1.29, 1.82) is 0 Å². The zero-order valence-electron chi connectivity index (χ0n) is 13.4. The van der Waals surface area contributed by atoms with Gasteiger partial charge in [0.15, 0.2) is 0 Å². The van der Waals surface area contributed by atoms with Crippen LogP contribution < -0.4 is 9.62 Å². The molecule has 2 aromatic carbocycles. The van der Waals surface area contributed by atoms with E-state index in [2.05, 4.69) is 5.32 Å². The first-order valence-corrected chi connectivity index (χ1v) is 9.40. The standard InChI is InChI=1S/C16H14ClF3N2O3S/c1-26(24,25)22(14-8-2-11(3-9-14)16(18,19)20)10-15(23)21-13-6-4-12(17)5-7-13/h2-9H,10H2,1H3,(H,21,23). The van der Waals surface area contributed by atoms with E-state index in [4.69, 9.17) is 11.6 Å². The summed E-state index contributed by atoms with van der Waals surface area (Å²) in [5.41, 5.74) is -0.563. The minimum Gasteiger partial charge on any atom is -0.325 e. The molecule has 0 aliphatic heterocycles. The lowest BCUT2D eigenvalue weighted by Crippen LogP contribution is -2.37. The fraction of sp³-hybridized carbons (Fsp3) is 0.188. The fourth-order valence-electron chi connectivity index (χ4n) is 2.08.